The summed E-state index contributed by atoms with van der Waals surface area (Å²) in [5, 5.41) is 6.90. The van der Waals surface area contributed by atoms with Crippen molar-refractivity contribution < 1.29 is 23.9 Å². The molecule has 4 aromatic rings. The van der Waals surface area contributed by atoms with Crippen LogP contribution in [0.15, 0.2) is 72.8 Å². The van der Waals surface area contributed by atoms with Crippen LogP contribution in [-0.2, 0) is 41.8 Å². The summed E-state index contributed by atoms with van der Waals surface area (Å²) < 4.78 is 6.12. The quantitative estimate of drug-likeness (QED) is 0.0621. The van der Waals surface area contributed by atoms with Crippen molar-refractivity contribution in [1.82, 2.24) is 4.90 Å². The molecule has 7 rings (SSSR count). The van der Waals surface area contributed by atoms with Crippen molar-refractivity contribution >= 4 is 68.2 Å². The molecule has 0 unspecified atom stereocenters. The van der Waals surface area contributed by atoms with Gasteiger partial charge in [0, 0.05) is 47.1 Å². The number of halogens is 1. The Morgan fingerprint density at radius 3 is 2.11 bits per heavy atom. The van der Waals surface area contributed by atoms with E-state index in [0.29, 0.717) is 58.3 Å². The van der Waals surface area contributed by atoms with E-state index in [0.717, 1.165) is 104 Å². The predicted molar refractivity (Wildman–Crippen MR) is 237 cm³/mol. The number of anilines is 2. The molecule has 1 aromatic heterocycles. The number of hydrogen-bond donors (Lipinski definition) is 2. The second kappa shape index (κ2) is 19.7. The van der Waals surface area contributed by atoms with Crippen LogP contribution in [0.3, 0.4) is 0 Å². The molecule has 3 aliphatic rings. The average molecular weight is 900 g/mol. The van der Waals surface area contributed by atoms with Crippen LogP contribution in [0.5, 0.6) is 0 Å². The second-order valence-electron chi connectivity index (χ2n) is 15.8. The molecule has 2 amide bonds. The Balaban J connectivity index is 0.977. The third-order valence-corrected chi connectivity index (χ3v) is 13.7. The molecule has 0 atom stereocenters. The Kier molecular flexibility index (Phi) is 14.3. The zero-order valence-corrected chi connectivity index (χ0v) is 35.9. The third-order valence-electron chi connectivity index (χ3n) is 11.8. The van der Waals surface area contributed by atoms with Crippen LogP contribution < -0.4 is 10.6 Å². The molecular formula is C47H54IN3O5S. The number of nitrogens with zero attached hydrogens (tertiary/aromatic N) is 1. The summed E-state index contributed by atoms with van der Waals surface area (Å²) in [5.74, 6) is -0.0340. The first-order valence-corrected chi connectivity index (χ1v) is 23.2. The van der Waals surface area contributed by atoms with Crippen molar-refractivity contribution in [3.63, 3.8) is 0 Å². The Hall–Kier alpha value is -3.87. The molecule has 2 fully saturated rings. The van der Waals surface area contributed by atoms with Crippen molar-refractivity contribution in [2.75, 3.05) is 21.7 Å². The fourth-order valence-corrected chi connectivity index (χ4v) is 10.2. The molecule has 1 heterocycles. The molecular weight excluding hydrogens is 846 g/mol. The lowest BCUT2D eigenvalue weighted by atomic mass is 9.81. The average Bonchev–Trinajstić information content (AvgIpc) is 4.02. The number of carbonyl (C=O) groups is 4. The van der Waals surface area contributed by atoms with Gasteiger partial charge in [0.15, 0.2) is 0 Å². The fourth-order valence-electron chi connectivity index (χ4n) is 8.49. The molecule has 0 aliphatic heterocycles. The zero-order chi connectivity index (χ0) is 39.7. The number of fused-ring (bicyclic) bond motifs is 1. The molecule has 10 heteroatoms. The number of alkyl halides is 1. The van der Waals surface area contributed by atoms with Crippen LogP contribution in [0, 0.1) is 5.92 Å². The third kappa shape index (κ3) is 10.8. The number of thiophene rings is 1. The van der Waals surface area contributed by atoms with Crippen molar-refractivity contribution in [3.8, 4) is 0 Å². The van der Waals surface area contributed by atoms with Gasteiger partial charge in [-0.15, -0.1) is 11.3 Å². The number of benzene rings is 3. The van der Waals surface area contributed by atoms with E-state index in [-0.39, 0.29) is 23.7 Å². The van der Waals surface area contributed by atoms with Crippen LogP contribution in [0.2, 0.25) is 0 Å². The Bertz CT molecular complexity index is 2030. The van der Waals surface area contributed by atoms with E-state index in [1.807, 2.05) is 54.6 Å². The molecule has 2 N–H and O–H groups in total. The second-order valence-corrected chi connectivity index (χ2v) is 18.0. The summed E-state index contributed by atoms with van der Waals surface area (Å²) in [5.41, 5.74) is 6.89. The number of ketones is 1. The standard InChI is InChI=1S/C47H54IN3O5S/c1-2-56-47(55)35-18-14-31(15-19-35)12-13-32-16-22-37(23-17-32)49-45(54)43-40-9-3-4-11-42(40)57-46(43)50-44(53)36-8-5-7-33(29-36)30-51(39-26-27-39)38-24-20-34(21-25-38)41(52)10-6-28-48/h5,7-8,14-19,22-23,29,34,38-39H,2-4,6,9-13,20-21,24-28,30H2,1H3,(H,49,54)(H,50,53). The Morgan fingerprint density at radius 2 is 1.44 bits per heavy atom. The first kappa shape index (κ1) is 41.3. The maximum Gasteiger partial charge on any atom is 0.338 e. The number of ether oxygens (including phenoxy) is 1. The number of nitrogens with one attached hydrogen (secondary N) is 2. The highest BCUT2D eigenvalue weighted by atomic mass is 127. The highest BCUT2D eigenvalue weighted by Gasteiger charge is 2.37. The van der Waals surface area contributed by atoms with Gasteiger partial charge in [-0.3, -0.25) is 19.3 Å². The predicted octanol–water partition coefficient (Wildman–Crippen LogP) is 10.4. The minimum atomic E-state index is -0.308. The summed E-state index contributed by atoms with van der Waals surface area (Å²) in [4.78, 5) is 56.4. The van der Waals surface area contributed by atoms with Crippen LogP contribution in [-0.4, -0.2) is 51.6 Å². The SMILES string of the molecule is CCOC(=O)c1ccc(CCc2ccc(NC(=O)c3c(NC(=O)c4cccc(CN(C5CCC(C(=O)CCCI)CC5)C5CC5)c4)sc4c3CCCC4)cc2)cc1. The van der Waals surface area contributed by atoms with Gasteiger partial charge in [0.1, 0.15) is 10.8 Å². The van der Waals surface area contributed by atoms with E-state index in [4.69, 9.17) is 4.74 Å². The summed E-state index contributed by atoms with van der Waals surface area (Å²) in [7, 11) is 0. The fraction of sp³-hybridized carbons (Fsp3) is 0.447. The van der Waals surface area contributed by atoms with E-state index in [1.165, 1.54) is 29.1 Å². The molecule has 8 nitrogen and oxygen atoms in total. The number of aryl methyl sites for hydroxylation is 3. The first-order valence-electron chi connectivity index (χ1n) is 20.8. The first-order chi connectivity index (χ1) is 27.8. The van der Waals surface area contributed by atoms with Crippen LogP contribution >= 0.6 is 33.9 Å². The molecule has 0 spiro atoms. The molecule has 3 aromatic carbocycles. The van der Waals surface area contributed by atoms with Gasteiger partial charge < -0.3 is 15.4 Å². The highest BCUT2D eigenvalue weighted by molar-refractivity contribution is 14.1. The van der Waals surface area contributed by atoms with E-state index in [9.17, 15) is 19.2 Å². The van der Waals surface area contributed by atoms with E-state index < -0.39 is 0 Å². The Morgan fingerprint density at radius 1 is 0.772 bits per heavy atom. The van der Waals surface area contributed by atoms with Crippen LogP contribution in [0.4, 0.5) is 10.7 Å². The molecule has 0 radical (unpaired) electrons. The van der Waals surface area contributed by atoms with Gasteiger partial charge >= 0.3 is 5.97 Å². The molecule has 57 heavy (non-hydrogen) atoms. The summed E-state index contributed by atoms with van der Waals surface area (Å²) in [6.45, 7) is 2.95. The molecule has 2 saturated carbocycles. The topological polar surface area (TPSA) is 105 Å². The van der Waals surface area contributed by atoms with Gasteiger partial charge in [-0.05, 0) is 153 Å². The van der Waals surface area contributed by atoms with Gasteiger partial charge in [0.2, 0.25) is 0 Å². The van der Waals surface area contributed by atoms with Gasteiger partial charge in [-0.1, -0.05) is 59.0 Å². The van der Waals surface area contributed by atoms with Crippen molar-refractivity contribution in [1.29, 1.82) is 0 Å². The monoisotopic (exact) mass is 899 g/mol. The number of rotatable bonds is 17. The largest absolute Gasteiger partial charge is 0.462 e. The van der Waals surface area contributed by atoms with Crippen molar-refractivity contribution in [2.24, 2.45) is 5.92 Å². The van der Waals surface area contributed by atoms with Crippen molar-refractivity contribution in [3.05, 3.63) is 117 Å². The minimum Gasteiger partial charge on any atom is -0.462 e. The summed E-state index contributed by atoms with van der Waals surface area (Å²) >= 11 is 3.89. The molecule has 0 saturated heterocycles. The lowest BCUT2D eigenvalue weighted by Crippen LogP contribution is -2.40. The molecule has 3 aliphatic carbocycles. The molecule has 300 valence electrons. The van der Waals surface area contributed by atoms with Gasteiger partial charge in [-0.25, -0.2) is 4.79 Å². The van der Waals surface area contributed by atoms with E-state index in [2.05, 4.69) is 44.2 Å². The van der Waals surface area contributed by atoms with E-state index >= 15 is 0 Å². The maximum atomic E-state index is 14.0. The normalized spacial score (nSPS) is 17.8. The number of amides is 2. The van der Waals surface area contributed by atoms with Gasteiger partial charge in [0.05, 0.1) is 17.7 Å². The zero-order valence-electron chi connectivity index (χ0n) is 33.0. The number of hydrogen-bond acceptors (Lipinski definition) is 7. The molecule has 0 bridgehead atoms. The van der Waals surface area contributed by atoms with Crippen molar-refractivity contribution in [2.45, 2.75) is 115 Å². The minimum absolute atomic E-state index is 0.200. The van der Waals surface area contributed by atoms with Gasteiger partial charge in [0.25, 0.3) is 11.8 Å². The number of carbonyl (C=O) groups excluding carboxylic acids is 4. The van der Waals surface area contributed by atoms with Crippen LogP contribution in [0.1, 0.15) is 129 Å². The lowest BCUT2D eigenvalue weighted by Gasteiger charge is -2.37. The Labute approximate surface area is 354 Å². The summed E-state index contributed by atoms with van der Waals surface area (Å²) in [6.07, 6.45) is 13.7. The lowest BCUT2D eigenvalue weighted by molar-refractivity contribution is -0.124. The maximum absolute atomic E-state index is 14.0. The smallest absolute Gasteiger partial charge is 0.338 e. The van der Waals surface area contributed by atoms with E-state index in [1.54, 1.807) is 19.1 Å². The van der Waals surface area contributed by atoms with Gasteiger partial charge in [-0.2, -0.15) is 0 Å². The highest BCUT2D eigenvalue weighted by Crippen LogP contribution is 2.40. The number of Topliss-reactive ketones (excluding diaryl/α,β-unsaturated/α-hetero) is 1. The van der Waals surface area contributed by atoms with Crippen LogP contribution in [0.25, 0.3) is 0 Å². The summed E-state index contributed by atoms with van der Waals surface area (Å²) in [6, 6.07) is 24.5. The number of esters is 1.